The van der Waals surface area contributed by atoms with Gasteiger partial charge in [-0.2, -0.15) is 5.26 Å². The monoisotopic (exact) mass is 210 g/mol. The van der Waals surface area contributed by atoms with Crippen LogP contribution in [0.1, 0.15) is 46.5 Å². The van der Waals surface area contributed by atoms with Crippen LogP contribution in [0.5, 0.6) is 0 Å². The van der Waals surface area contributed by atoms with Crippen molar-refractivity contribution in [2.75, 3.05) is 13.6 Å². The number of nitriles is 1. The minimum absolute atomic E-state index is 0.0174. The molecule has 0 spiro atoms. The average molecular weight is 210 g/mol. The van der Waals surface area contributed by atoms with E-state index < -0.39 is 5.41 Å². The lowest BCUT2D eigenvalue weighted by Crippen LogP contribution is -2.41. The van der Waals surface area contributed by atoms with Crippen LogP contribution in [0, 0.1) is 16.7 Å². The topological polar surface area (TPSA) is 44.1 Å². The Morgan fingerprint density at radius 3 is 2.00 bits per heavy atom. The van der Waals surface area contributed by atoms with Crippen LogP contribution in [0.2, 0.25) is 0 Å². The zero-order chi connectivity index (χ0) is 11.9. The Bertz CT molecular complexity index is 236. The molecule has 1 amide bonds. The summed E-state index contributed by atoms with van der Waals surface area (Å²) < 4.78 is 0. The molecule has 0 aromatic carbocycles. The zero-order valence-corrected chi connectivity index (χ0v) is 10.3. The molecule has 3 heteroatoms. The fourth-order valence-electron chi connectivity index (χ4n) is 1.86. The molecule has 0 saturated heterocycles. The Hall–Kier alpha value is -1.04. The van der Waals surface area contributed by atoms with Gasteiger partial charge in [-0.15, -0.1) is 0 Å². The molecular formula is C12H22N2O. The second-order valence-corrected chi connectivity index (χ2v) is 4.01. The van der Waals surface area contributed by atoms with Crippen molar-refractivity contribution < 1.29 is 4.79 Å². The lowest BCUT2D eigenvalue weighted by Gasteiger charge is -2.29. The van der Waals surface area contributed by atoms with Crippen LogP contribution in [0.15, 0.2) is 0 Å². The fraction of sp³-hybridized carbons (Fsp3) is 0.833. The maximum Gasteiger partial charge on any atom is 0.242 e. The first-order chi connectivity index (χ1) is 7.07. The number of nitrogens with zero attached hydrogens (tertiary/aromatic N) is 2. The van der Waals surface area contributed by atoms with Gasteiger partial charge < -0.3 is 4.90 Å². The third-order valence-electron chi connectivity index (χ3n) is 2.80. The molecule has 0 aliphatic heterocycles. The number of carbonyl (C=O) groups is 1. The highest BCUT2D eigenvalue weighted by molar-refractivity contribution is 5.85. The van der Waals surface area contributed by atoms with Crippen molar-refractivity contribution in [3.8, 4) is 6.07 Å². The zero-order valence-electron chi connectivity index (χ0n) is 10.3. The Labute approximate surface area is 93.1 Å². The molecule has 0 N–H and O–H groups in total. The molecule has 3 nitrogen and oxygen atoms in total. The Morgan fingerprint density at radius 2 is 1.73 bits per heavy atom. The van der Waals surface area contributed by atoms with Gasteiger partial charge in [0.1, 0.15) is 5.41 Å². The van der Waals surface area contributed by atoms with Crippen molar-refractivity contribution in [2.24, 2.45) is 5.41 Å². The Kier molecular flexibility index (Phi) is 6.00. The normalized spacial score (nSPS) is 10.9. The lowest BCUT2D eigenvalue weighted by atomic mass is 9.79. The molecule has 0 aliphatic rings. The van der Waals surface area contributed by atoms with Crippen LogP contribution in [0.4, 0.5) is 0 Å². The predicted molar refractivity (Wildman–Crippen MR) is 61.2 cm³/mol. The van der Waals surface area contributed by atoms with Crippen molar-refractivity contribution in [3.05, 3.63) is 0 Å². The summed E-state index contributed by atoms with van der Waals surface area (Å²) in [5.74, 6) is -0.0174. The summed E-state index contributed by atoms with van der Waals surface area (Å²) in [6.45, 7) is 6.62. The second-order valence-electron chi connectivity index (χ2n) is 4.01. The number of rotatable bonds is 6. The van der Waals surface area contributed by atoms with Gasteiger partial charge in [-0.3, -0.25) is 4.79 Å². The highest BCUT2D eigenvalue weighted by Gasteiger charge is 2.38. The summed E-state index contributed by atoms with van der Waals surface area (Å²) >= 11 is 0. The van der Waals surface area contributed by atoms with Crippen LogP contribution in [0.25, 0.3) is 0 Å². The van der Waals surface area contributed by atoms with Crippen LogP contribution in [-0.2, 0) is 4.79 Å². The van der Waals surface area contributed by atoms with Gasteiger partial charge in [-0.25, -0.2) is 0 Å². The van der Waals surface area contributed by atoms with Gasteiger partial charge >= 0.3 is 0 Å². The van der Waals surface area contributed by atoms with Gasteiger partial charge in [-0.05, 0) is 19.8 Å². The van der Waals surface area contributed by atoms with Crippen LogP contribution >= 0.6 is 0 Å². The van der Waals surface area contributed by atoms with E-state index in [2.05, 4.69) is 6.07 Å². The molecule has 0 rings (SSSR count). The smallest absolute Gasteiger partial charge is 0.242 e. The molecule has 0 aliphatic carbocycles. The quantitative estimate of drug-likeness (QED) is 0.676. The van der Waals surface area contributed by atoms with E-state index >= 15 is 0 Å². The number of amides is 1. The van der Waals surface area contributed by atoms with E-state index in [-0.39, 0.29) is 5.91 Å². The first-order valence-corrected chi connectivity index (χ1v) is 5.74. The first-order valence-electron chi connectivity index (χ1n) is 5.74. The fourth-order valence-corrected chi connectivity index (χ4v) is 1.86. The average Bonchev–Trinajstić information content (AvgIpc) is 2.26. The molecule has 0 bridgehead atoms. The first kappa shape index (κ1) is 14.0. The van der Waals surface area contributed by atoms with Crippen molar-refractivity contribution >= 4 is 5.91 Å². The van der Waals surface area contributed by atoms with Gasteiger partial charge in [0.25, 0.3) is 0 Å². The molecular weight excluding hydrogens is 188 g/mol. The van der Waals surface area contributed by atoms with E-state index in [9.17, 15) is 10.1 Å². The highest BCUT2D eigenvalue weighted by Crippen LogP contribution is 2.31. The van der Waals surface area contributed by atoms with Gasteiger partial charge in [0.15, 0.2) is 0 Å². The van der Waals surface area contributed by atoms with Gasteiger partial charge in [-0.1, -0.05) is 26.7 Å². The molecule has 0 aromatic heterocycles. The van der Waals surface area contributed by atoms with E-state index in [0.717, 1.165) is 12.8 Å². The number of hydrogen-bond donors (Lipinski definition) is 0. The van der Waals surface area contributed by atoms with Crippen LogP contribution < -0.4 is 0 Å². The van der Waals surface area contributed by atoms with E-state index in [4.69, 9.17) is 0 Å². The maximum absolute atomic E-state index is 12.1. The van der Waals surface area contributed by atoms with Crippen LogP contribution in [0.3, 0.4) is 0 Å². The minimum Gasteiger partial charge on any atom is -0.345 e. The Morgan fingerprint density at radius 1 is 1.27 bits per heavy atom. The standard InChI is InChI=1S/C12H22N2O/c1-5-8-12(10-13,9-6-2)11(15)14(4)7-3/h5-9H2,1-4H3. The summed E-state index contributed by atoms with van der Waals surface area (Å²) in [6.07, 6.45) is 3.08. The molecule has 0 aromatic rings. The largest absolute Gasteiger partial charge is 0.345 e. The highest BCUT2D eigenvalue weighted by atomic mass is 16.2. The molecule has 0 unspecified atom stereocenters. The van der Waals surface area contributed by atoms with E-state index in [1.807, 2.05) is 20.8 Å². The second kappa shape index (κ2) is 6.44. The maximum atomic E-state index is 12.1. The summed E-state index contributed by atoms with van der Waals surface area (Å²) in [5, 5.41) is 9.26. The third-order valence-corrected chi connectivity index (χ3v) is 2.80. The molecule has 0 fully saturated rings. The SMILES string of the molecule is CCCC(C#N)(CCC)C(=O)N(C)CC. The summed E-state index contributed by atoms with van der Waals surface area (Å²) in [6, 6.07) is 2.24. The molecule has 0 saturated carbocycles. The van der Waals surface area contributed by atoms with Crippen molar-refractivity contribution in [3.63, 3.8) is 0 Å². The molecule has 0 radical (unpaired) electrons. The molecule has 0 atom stereocenters. The summed E-state index contributed by atoms with van der Waals surface area (Å²) in [7, 11) is 1.76. The van der Waals surface area contributed by atoms with Crippen molar-refractivity contribution in [1.82, 2.24) is 4.90 Å². The predicted octanol–water partition coefficient (Wildman–Crippen LogP) is 2.57. The van der Waals surface area contributed by atoms with Crippen molar-refractivity contribution in [1.29, 1.82) is 5.26 Å². The molecule has 0 heterocycles. The van der Waals surface area contributed by atoms with E-state index in [1.54, 1.807) is 11.9 Å². The van der Waals surface area contributed by atoms with Crippen molar-refractivity contribution in [2.45, 2.75) is 46.5 Å². The minimum atomic E-state index is -0.783. The molecule has 86 valence electrons. The van der Waals surface area contributed by atoms with Gasteiger partial charge in [0.2, 0.25) is 5.91 Å². The molecule has 15 heavy (non-hydrogen) atoms. The Balaban J connectivity index is 4.90. The van der Waals surface area contributed by atoms with E-state index in [1.165, 1.54) is 0 Å². The van der Waals surface area contributed by atoms with Crippen LogP contribution in [-0.4, -0.2) is 24.4 Å². The summed E-state index contributed by atoms with van der Waals surface area (Å²) in [4.78, 5) is 13.8. The third kappa shape index (κ3) is 3.23. The summed E-state index contributed by atoms with van der Waals surface area (Å²) in [5.41, 5.74) is -0.783. The van der Waals surface area contributed by atoms with Gasteiger partial charge in [0.05, 0.1) is 6.07 Å². The number of hydrogen-bond acceptors (Lipinski definition) is 2. The van der Waals surface area contributed by atoms with Gasteiger partial charge in [0, 0.05) is 13.6 Å². The number of carbonyl (C=O) groups excluding carboxylic acids is 1. The lowest BCUT2D eigenvalue weighted by molar-refractivity contribution is -0.138. The van der Waals surface area contributed by atoms with E-state index in [0.29, 0.717) is 19.4 Å².